The summed E-state index contributed by atoms with van der Waals surface area (Å²) in [6.45, 7) is 0.419. The van der Waals surface area contributed by atoms with Gasteiger partial charge >= 0.3 is 0 Å². The lowest BCUT2D eigenvalue weighted by Gasteiger charge is -2.11. The second-order valence-corrected chi connectivity index (χ2v) is 6.08. The number of hydrogen-bond acceptors (Lipinski definition) is 6. The molecule has 124 valence electrons. The summed E-state index contributed by atoms with van der Waals surface area (Å²) in [6.07, 6.45) is 0. The Hall–Kier alpha value is -3.11. The molecule has 0 spiro atoms. The molecule has 0 bridgehead atoms. The van der Waals surface area contributed by atoms with Crippen LogP contribution >= 0.6 is 15.9 Å². The summed E-state index contributed by atoms with van der Waals surface area (Å²) < 4.78 is 6.68. The van der Waals surface area contributed by atoms with Crippen LogP contribution < -0.4 is 16.2 Å². The standard InChI is InChI=1S/C18H14BrN5O/c19-14-7-6-12(16-13(9-20)17(21)24-18(22)23-16)8-15(14)25-10-11-4-2-1-3-5-11/h1-8H,10H2,(H4,21,22,23,24). The minimum Gasteiger partial charge on any atom is -0.488 e. The molecule has 0 atom stereocenters. The second kappa shape index (κ2) is 7.20. The van der Waals surface area contributed by atoms with Gasteiger partial charge in [0.2, 0.25) is 5.95 Å². The lowest BCUT2D eigenvalue weighted by atomic mass is 10.1. The molecule has 6 nitrogen and oxygen atoms in total. The third kappa shape index (κ3) is 3.70. The van der Waals surface area contributed by atoms with E-state index in [4.69, 9.17) is 16.2 Å². The molecule has 0 fully saturated rings. The first-order valence-corrected chi connectivity index (χ1v) is 8.17. The van der Waals surface area contributed by atoms with Crippen molar-refractivity contribution in [2.75, 3.05) is 11.5 Å². The molecule has 3 rings (SSSR count). The zero-order valence-electron chi connectivity index (χ0n) is 13.1. The van der Waals surface area contributed by atoms with Crippen molar-refractivity contribution in [2.24, 2.45) is 0 Å². The Morgan fingerprint density at radius 1 is 1.08 bits per heavy atom. The van der Waals surface area contributed by atoms with Crippen molar-refractivity contribution in [1.82, 2.24) is 9.97 Å². The van der Waals surface area contributed by atoms with Gasteiger partial charge in [-0.1, -0.05) is 36.4 Å². The molecule has 1 aromatic heterocycles. The van der Waals surface area contributed by atoms with Gasteiger partial charge in [-0.25, -0.2) is 4.98 Å². The summed E-state index contributed by atoms with van der Waals surface area (Å²) in [7, 11) is 0. The summed E-state index contributed by atoms with van der Waals surface area (Å²) in [5.41, 5.74) is 13.7. The highest BCUT2D eigenvalue weighted by molar-refractivity contribution is 9.10. The van der Waals surface area contributed by atoms with E-state index in [-0.39, 0.29) is 17.3 Å². The number of hydrogen-bond donors (Lipinski definition) is 2. The monoisotopic (exact) mass is 395 g/mol. The Bertz CT molecular complexity index is 954. The van der Waals surface area contributed by atoms with Gasteiger partial charge in [-0.05, 0) is 33.6 Å². The van der Waals surface area contributed by atoms with Crippen LogP contribution in [0.2, 0.25) is 0 Å². The number of nitrogens with zero attached hydrogens (tertiary/aromatic N) is 3. The van der Waals surface area contributed by atoms with Gasteiger partial charge in [0, 0.05) is 5.56 Å². The smallest absolute Gasteiger partial charge is 0.222 e. The molecule has 0 saturated heterocycles. The number of nitrogens with two attached hydrogens (primary N) is 2. The molecule has 25 heavy (non-hydrogen) atoms. The van der Waals surface area contributed by atoms with Crippen LogP contribution in [0.5, 0.6) is 5.75 Å². The maximum Gasteiger partial charge on any atom is 0.222 e. The van der Waals surface area contributed by atoms with E-state index in [1.54, 1.807) is 6.07 Å². The number of benzene rings is 2. The molecular weight excluding hydrogens is 382 g/mol. The fourth-order valence-corrected chi connectivity index (χ4v) is 2.67. The number of rotatable bonds is 4. The number of nitrogen functional groups attached to an aromatic ring is 2. The summed E-state index contributed by atoms with van der Waals surface area (Å²) in [5, 5.41) is 9.34. The number of nitriles is 1. The van der Waals surface area contributed by atoms with Crippen molar-refractivity contribution in [3.05, 3.63) is 64.1 Å². The third-order valence-electron chi connectivity index (χ3n) is 3.51. The molecule has 0 amide bonds. The van der Waals surface area contributed by atoms with Crippen molar-refractivity contribution in [1.29, 1.82) is 5.26 Å². The lowest BCUT2D eigenvalue weighted by Crippen LogP contribution is -2.05. The highest BCUT2D eigenvalue weighted by Crippen LogP contribution is 2.33. The quantitative estimate of drug-likeness (QED) is 0.698. The predicted molar refractivity (Wildman–Crippen MR) is 99.5 cm³/mol. The van der Waals surface area contributed by atoms with Crippen LogP contribution in [-0.4, -0.2) is 9.97 Å². The average molecular weight is 396 g/mol. The van der Waals surface area contributed by atoms with Crippen molar-refractivity contribution < 1.29 is 4.74 Å². The lowest BCUT2D eigenvalue weighted by molar-refractivity contribution is 0.304. The van der Waals surface area contributed by atoms with Crippen LogP contribution in [0.3, 0.4) is 0 Å². The van der Waals surface area contributed by atoms with Crippen LogP contribution in [0.4, 0.5) is 11.8 Å². The van der Waals surface area contributed by atoms with E-state index in [0.717, 1.165) is 10.0 Å². The first-order valence-electron chi connectivity index (χ1n) is 7.38. The maximum atomic E-state index is 9.34. The van der Waals surface area contributed by atoms with Crippen LogP contribution in [0.25, 0.3) is 11.3 Å². The number of anilines is 2. The van der Waals surface area contributed by atoms with Crippen molar-refractivity contribution in [2.45, 2.75) is 6.61 Å². The minimum absolute atomic E-state index is 0.0150. The van der Waals surface area contributed by atoms with E-state index in [2.05, 4.69) is 25.9 Å². The van der Waals surface area contributed by atoms with Crippen LogP contribution in [-0.2, 0) is 6.61 Å². The van der Waals surface area contributed by atoms with Crippen molar-refractivity contribution in [3.8, 4) is 23.1 Å². The Morgan fingerprint density at radius 3 is 2.56 bits per heavy atom. The minimum atomic E-state index is 0.0150. The molecule has 1 heterocycles. The van der Waals surface area contributed by atoms with E-state index in [0.29, 0.717) is 23.6 Å². The number of ether oxygens (including phenoxy) is 1. The molecule has 3 aromatic rings. The first kappa shape index (κ1) is 16.7. The maximum absolute atomic E-state index is 9.34. The summed E-state index contributed by atoms with van der Waals surface area (Å²) >= 11 is 3.47. The molecule has 2 aromatic carbocycles. The summed E-state index contributed by atoms with van der Waals surface area (Å²) in [4.78, 5) is 7.99. The SMILES string of the molecule is N#Cc1c(N)nc(N)nc1-c1ccc(Br)c(OCc2ccccc2)c1. The molecule has 0 aliphatic rings. The van der Waals surface area contributed by atoms with E-state index >= 15 is 0 Å². The number of halogens is 1. The van der Waals surface area contributed by atoms with E-state index in [1.165, 1.54) is 0 Å². The van der Waals surface area contributed by atoms with E-state index < -0.39 is 0 Å². The molecule has 0 aliphatic heterocycles. The van der Waals surface area contributed by atoms with Gasteiger partial charge in [0.05, 0.1) is 10.2 Å². The molecule has 7 heteroatoms. The van der Waals surface area contributed by atoms with Gasteiger partial charge in [0.25, 0.3) is 0 Å². The average Bonchev–Trinajstić information content (AvgIpc) is 2.61. The molecule has 0 saturated carbocycles. The van der Waals surface area contributed by atoms with Crippen LogP contribution in [0.1, 0.15) is 11.1 Å². The predicted octanol–water partition coefficient (Wildman–Crippen LogP) is 3.52. The first-order chi connectivity index (χ1) is 12.1. The molecule has 0 aliphatic carbocycles. The van der Waals surface area contributed by atoms with Crippen molar-refractivity contribution in [3.63, 3.8) is 0 Å². The Balaban J connectivity index is 1.96. The molecule has 4 N–H and O–H groups in total. The van der Waals surface area contributed by atoms with E-state index in [9.17, 15) is 5.26 Å². The normalized spacial score (nSPS) is 10.2. The van der Waals surface area contributed by atoms with Crippen molar-refractivity contribution >= 4 is 27.7 Å². The van der Waals surface area contributed by atoms with Crippen LogP contribution in [0, 0.1) is 11.3 Å². The summed E-state index contributed by atoms with van der Waals surface area (Å²) in [5.74, 6) is 0.696. The fraction of sp³-hybridized carbons (Fsp3) is 0.0556. The molecular formula is C18H14BrN5O. The van der Waals surface area contributed by atoms with E-state index in [1.807, 2.05) is 48.5 Å². The third-order valence-corrected chi connectivity index (χ3v) is 4.16. The topological polar surface area (TPSA) is 111 Å². The highest BCUT2D eigenvalue weighted by atomic mass is 79.9. The van der Waals surface area contributed by atoms with Gasteiger partial charge < -0.3 is 16.2 Å². The largest absolute Gasteiger partial charge is 0.488 e. The summed E-state index contributed by atoms with van der Waals surface area (Å²) in [6, 6.07) is 17.3. The fourth-order valence-electron chi connectivity index (χ4n) is 2.31. The van der Waals surface area contributed by atoms with Gasteiger partial charge in [-0.3, -0.25) is 0 Å². The van der Waals surface area contributed by atoms with Gasteiger partial charge in [-0.15, -0.1) is 0 Å². The van der Waals surface area contributed by atoms with Gasteiger partial charge in [0.15, 0.2) is 0 Å². The Morgan fingerprint density at radius 2 is 1.84 bits per heavy atom. The van der Waals surface area contributed by atoms with Gasteiger partial charge in [0.1, 0.15) is 29.8 Å². The van der Waals surface area contributed by atoms with Crippen LogP contribution in [0.15, 0.2) is 53.0 Å². The Labute approximate surface area is 153 Å². The molecule has 0 radical (unpaired) electrons. The highest BCUT2D eigenvalue weighted by Gasteiger charge is 2.15. The van der Waals surface area contributed by atoms with Gasteiger partial charge in [-0.2, -0.15) is 10.2 Å². The zero-order chi connectivity index (χ0) is 17.8. The number of aromatic nitrogens is 2. The second-order valence-electron chi connectivity index (χ2n) is 5.22. The zero-order valence-corrected chi connectivity index (χ0v) is 14.7. The molecule has 0 unspecified atom stereocenters. The Kier molecular flexibility index (Phi) is 4.82.